The topological polar surface area (TPSA) is 76.3 Å². The van der Waals surface area contributed by atoms with Gasteiger partial charge >= 0.3 is 0 Å². The molecular weight excluding hydrogens is 445 g/mol. The number of amides is 1. The normalized spacial score (nSPS) is 15.8. The zero-order valence-corrected chi connectivity index (χ0v) is 17.9. The summed E-state index contributed by atoms with van der Waals surface area (Å²) in [4.78, 5) is 28.3. The van der Waals surface area contributed by atoms with Crippen molar-refractivity contribution in [2.75, 3.05) is 4.90 Å². The molecule has 1 atom stereocenters. The Morgan fingerprint density at radius 1 is 1.07 bits per heavy atom. The molecule has 1 amide bonds. The lowest BCUT2D eigenvalue weighted by molar-refractivity contribution is 0.0970. The number of benzene rings is 2. The zero-order valence-electron chi connectivity index (χ0n) is 15.6. The van der Waals surface area contributed by atoms with Gasteiger partial charge in [0, 0.05) is 10.0 Å². The van der Waals surface area contributed by atoms with E-state index in [1.54, 1.807) is 42.5 Å². The van der Waals surface area contributed by atoms with E-state index in [1.165, 1.54) is 16.2 Å². The summed E-state index contributed by atoms with van der Waals surface area (Å²) in [5.41, 5.74) is 0.975. The number of carbonyl (C=O) groups is 1. The van der Waals surface area contributed by atoms with Crippen LogP contribution in [0.25, 0.3) is 11.0 Å². The minimum Gasteiger partial charge on any atom is -0.450 e. The summed E-state index contributed by atoms with van der Waals surface area (Å²) in [5.74, 6) is -0.430. The number of hydrogen-bond acceptors (Lipinski definition) is 6. The van der Waals surface area contributed by atoms with Gasteiger partial charge in [-0.1, -0.05) is 53.6 Å². The molecule has 4 aromatic rings. The van der Waals surface area contributed by atoms with Crippen LogP contribution >= 0.6 is 34.5 Å². The lowest BCUT2D eigenvalue weighted by atomic mass is 9.99. The molecule has 6 nitrogen and oxygen atoms in total. The molecule has 2 aromatic heterocycles. The molecule has 1 aliphatic heterocycles. The minimum absolute atomic E-state index is 0.00280. The first-order chi connectivity index (χ1) is 14.5. The third-order valence-corrected chi connectivity index (χ3v) is 6.54. The average molecular weight is 458 g/mol. The number of halogens is 2. The van der Waals surface area contributed by atoms with E-state index in [0.29, 0.717) is 38.1 Å². The van der Waals surface area contributed by atoms with Gasteiger partial charge in [0.15, 0.2) is 5.43 Å². The van der Waals surface area contributed by atoms with Crippen LogP contribution in [0.5, 0.6) is 0 Å². The molecule has 2 aromatic carbocycles. The molecule has 0 saturated heterocycles. The Hall–Kier alpha value is -2.74. The number of aromatic nitrogens is 2. The highest BCUT2D eigenvalue weighted by Gasteiger charge is 2.45. The van der Waals surface area contributed by atoms with Crippen molar-refractivity contribution in [3.63, 3.8) is 0 Å². The van der Waals surface area contributed by atoms with Crippen molar-refractivity contribution in [3.05, 3.63) is 84.6 Å². The van der Waals surface area contributed by atoms with Gasteiger partial charge in [-0.2, -0.15) is 0 Å². The summed E-state index contributed by atoms with van der Waals surface area (Å²) >= 11 is 13.5. The maximum Gasteiger partial charge on any atom is 0.297 e. The Bertz CT molecular complexity index is 1360. The van der Waals surface area contributed by atoms with Crippen LogP contribution in [-0.2, 0) is 6.42 Å². The smallest absolute Gasteiger partial charge is 0.297 e. The van der Waals surface area contributed by atoms with Crippen molar-refractivity contribution in [3.8, 4) is 0 Å². The summed E-state index contributed by atoms with van der Waals surface area (Å²) in [6, 6.07) is 11.1. The molecule has 9 heteroatoms. The van der Waals surface area contributed by atoms with Crippen molar-refractivity contribution < 1.29 is 9.21 Å². The molecule has 0 fully saturated rings. The molecule has 0 radical (unpaired) electrons. The van der Waals surface area contributed by atoms with E-state index < -0.39 is 11.9 Å². The van der Waals surface area contributed by atoms with E-state index >= 15 is 0 Å². The van der Waals surface area contributed by atoms with E-state index in [1.807, 2.05) is 6.92 Å². The number of fused-ring (bicyclic) bond motifs is 2. The van der Waals surface area contributed by atoms with Crippen molar-refractivity contribution in [2.45, 2.75) is 19.4 Å². The summed E-state index contributed by atoms with van der Waals surface area (Å²) in [6.07, 6.45) is 0.692. The maximum absolute atomic E-state index is 13.5. The summed E-state index contributed by atoms with van der Waals surface area (Å²) in [6.45, 7) is 1.96. The van der Waals surface area contributed by atoms with E-state index in [-0.39, 0.29) is 16.8 Å². The number of nitrogens with zero attached hydrogens (tertiary/aromatic N) is 3. The maximum atomic E-state index is 13.5. The highest BCUT2D eigenvalue weighted by atomic mass is 35.5. The first kappa shape index (κ1) is 19.2. The van der Waals surface area contributed by atoms with Crippen LogP contribution in [0.3, 0.4) is 0 Å². The predicted octanol–water partition coefficient (Wildman–Crippen LogP) is 5.26. The third kappa shape index (κ3) is 2.93. The largest absolute Gasteiger partial charge is 0.450 e. The fourth-order valence-corrected chi connectivity index (χ4v) is 4.69. The molecule has 5 rings (SSSR count). The Labute approximate surface area is 184 Å². The lowest BCUT2D eigenvalue weighted by Gasteiger charge is -2.22. The summed E-state index contributed by atoms with van der Waals surface area (Å²) < 4.78 is 5.89. The van der Waals surface area contributed by atoms with E-state index in [0.717, 1.165) is 5.01 Å². The average Bonchev–Trinajstić information content (AvgIpc) is 3.32. The van der Waals surface area contributed by atoms with Gasteiger partial charge in [-0.25, -0.2) is 0 Å². The van der Waals surface area contributed by atoms with Crippen molar-refractivity contribution in [1.29, 1.82) is 0 Å². The molecule has 0 unspecified atom stereocenters. The van der Waals surface area contributed by atoms with Crippen LogP contribution in [0.1, 0.15) is 39.7 Å². The fourth-order valence-electron chi connectivity index (χ4n) is 3.59. The van der Waals surface area contributed by atoms with Gasteiger partial charge < -0.3 is 4.42 Å². The second kappa shape index (κ2) is 7.19. The van der Waals surface area contributed by atoms with Gasteiger partial charge in [-0.15, -0.1) is 10.2 Å². The van der Waals surface area contributed by atoms with E-state index in [2.05, 4.69) is 10.2 Å². The van der Waals surface area contributed by atoms with Gasteiger partial charge in [0.05, 0.1) is 17.0 Å². The van der Waals surface area contributed by atoms with Crippen LogP contribution in [0.15, 0.2) is 51.7 Å². The van der Waals surface area contributed by atoms with Gasteiger partial charge in [0.2, 0.25) is 10.9 Å². The molecule has 3 heterocycles. The Morgan fingerprint density at radius 3 is 2.50 bits per heavy atom. The quantitative estimate of drug-likeness (QED) is 0.419. The molecule has 0 aliphatic carbocycles. The van der Waals surface area contributed by atoms with E-state index in [9.17, 15) is 9.59 Å². The number of aryl methyl sites for hydroxylation is 1. The standard InChI is InChI=1S/C21H13Cl2N3O3S/c1-2-15-24-25-21(30-15)26-17(10-3-5-11(22)6-4-10)16-18(27)13-9-12(23)7-8-14(13)29-19(16)20(26)28/h3-9,17H,2H2,1H3/t17-/m0/s1. The molecule has 1 aliphatic rings. The summed E-state index contributed by atoms with van der Waals surface area (Å²) in [5, 5.41) is 10.8. The highest BCUT2D eigenvalue weighted by molar-refractivity contribution is 7.15. The van der Waals surface area contributed by atoms with Crippen molar-refractivity contribution in [1.82, 2.24) is 10.2 Å². The molecule has 30 heavy (non-hydrogen) atoms. The van der Waals surface area contributed by atoms with Crippen LogP contribution in [0.4, 0.5) is 5.13 Å². The van der Waals surface area contributed by atoms with Crippen LogP contribution in [0, 0.1) is 0 Å². The van der Waals surface area contributed by atoms with Gasteiger partial charge in [-0.05, 0) is 42.3 Å². The summed E-state index contributed by atoms with van der Waals surface area (Å²) in [7, 11) is 0. The lowest BCUT2D eigenvalue weighted by Crippen LogP contribution is -2.29. The minimum atomic E-state index is -0.706. The highest BCUT2D eigenvalue weighted by Crippen LogP contribution is 2.42. The first-order valence-electron chi connectivity index (χ1n) is 9.15. The number of carbonyl (C=O) groups excluding carboxylic acids is 1. The Morgan fingerprint density at radius 2 is 1.80 bits per heavy atom. The molecule has 0 bridgehead atoms. The third-order valence-electron chi connectivity index (χ3n) is 4.98. The van der Waals surface area contributed by atoms with Crippen LogP contribution < -0.4 is 10.3 Å². The molecular formula is C21H13Cl2N3O3S. The Kier molecular flexibility index (Phi) is 4.61. The first-order valence-corrected chi connectivity index (χ1v) is 10.7. The SMILES string of the molecule is CCc1nnc(N2C(=O)c3oc4ccc(Cl)cc4c(=O)c3[C@@H]2c2ccc(Cl)cc2)s1. The van der Waals surface area contributed by atoms with Gasteiger partial charge in [0.25, 0.3) is 5.91 Å². The van der Waals surface area contributed by atoms with Crippen LogP contribution in [0.2, 0.25) is 10.0 Å². The number of rotatable bonds is 3. The molecule has 0 N–H and O–H groups in total. The molecule has 0 saturated carbocycles. The zero-order chi connectivity index (χ0) is 21.0. The molecule has 0 spiro atoms. The monoisotopic (exact) mass is 457 g/mol. The van der Waals surface area contributed by atoms with Gasteiger partial charge in [0.1, 0.15) is 10.6 Å². The van der Waals surface area contributed by atoms with Crippen molar-refractivity contribution in [2.24, 2.45) is 0 Å². The van der Waals surface area contributed by atoms with Crippen molar-refractivity contribution >= 4 is 56.5 Å². The predicted molar refractivity (Wildman–Crippen MR) is 117 cm³/mol. The molecule has 150 valence electrons. The van der Waals surface area contributed by atoms with Crippen LogP contribution in [-0.4, -0.2) is 16.1 Å². The van der Waals surface area contributed by atoms with Gasteiger partial charge in [-0.3, -0.25) is 14.5 Å². The van der Waals surface area contributed by atoms with E-state index in [4.69, 9.17) is 27.6 Å². The fraction of sp³-hybridized carbons (Fsp3) is 0.143. The second-order valence-electron chi connectivity index (χ2n) is 6.78. The second-order valence-corrected chi connectivity index (χ2v) is 8.69. The Balaban J connectivity index is 1.80. The number of hydrogen-bond donors (Lipinski definition) is 0. The number of anilines is 1.